The van der Waals surface area contributed by atoms with Gasteiger partial charge in [-0.2, -0.15) is 0 Å². The van der Waals surface area contributed by atoms with Gasteiger partial charge < -0.3 is 5.32 Å². The highest BCUT2D eigenvalue weighted by Crippen LogP contribution is 2.11. The Morgan fingerprint density at radius 1 is 1.50 bits per heavy atom. The number of carbonyl (C=O) groups is 1. The molecule has 16 heavy (non-hydrogen) atoms. The van der Waals surface area contributed by atoms with E-state index >= 15 is 0 Å². The molecule has 0 fully saturated rings. The molecule has 1 rings (SSSR count). The van der Waals surface area contributed by atoms with Crippen molar-refractivity contribution in [3.8, 4) is 12.3 Å². The van der Waals surface area contributed by atoms with Gasteiger partial charge in [-0.05, 0) is 38.5 Å². The van der Waals surface area contributed by atoms with Crippen LogP contribution in [0.5, 0.6) is 0 Å². The van der Waals surface area contributed by atoms with Crippen LogP contribution in [-0.4, -0.2) is 11.4 Å². The second-order valence-electron chi connectivity index (χ2n) is 4.18. The van der Waals surface area contributed by atoms with E-state index in [0.717, 1.165) is 0 Å². The molecule has 1 aromatic rings. The molecule has 0 atom stereocenters. The normalized spacial score (nSPS) is 10.7. The van der Waals surface area contributed by atoms with Gasteiger partial charge in [0.2, 0.25) is 0 Å². The molecule has 1 amide bonds. The van der Waals surface area contributed by atoms with E-state index in [1.54, 1.807) is 26.8 Å². The highest BCUT2D eigenvalue weighted by atomic mass is 19.1. The molecular formula is C13H14FNO. The molecular weight excluding hydrogens is 205 g/mol. The van der Waals surface area contributed by atoms with Gasteiger partial charge in [0.15, 0.2) is 0 Å². The van der Waals surface area contributed by atoms with Crippen LogP contribution in [0.2, 0.25) is 0 Å². The first-order valence-corrected chi connectivity index (χ1v) is 4.92. The van der Waals surface area contributed by atoms with E-state index < -0.39 is 11.4 Å². The predicted octanol–water partition coefficient (Wildman–Crippen LogP) is 2.28. The van der Waals surface area contributed by atoms with Gasteiger partial charge in [-0.15, -0.1) is 6.42 Å². The summed E-state index contributed by atoms with van der Waals surface area (Å²) in [7, 11) is 0. The van der Waals surface area contributed by atoms with Crippen LogP contribution in [-0.2, 0) is 0 Å². The monoisotopic (exact) mass is 219 g/mol. The van der Waals surface area contributed by atoms with Gasteiger partial charge in [-0.3, -0.25) is 4.79 Å². The Kier molecular flexibility index (Phi) is 3.34. The number of amides is 1. The number of carbonyl (C=O) groups excluding carboxylic acids is 1. The van der Waals surface area contributed by atoms with E-state index in [1.807, 2.05) is 0 Å². The van der Waals surface area contributed by atoms with Crippen molar-refractivity contribution in [3.63, 3.8) is 0 Å². The third-order valence-corrected chi connectivity index (χ3v) is 2.23. The SMILES string of the molecule is C#CC(C)(C)NC(=O)c1cc(F)ccc1C. The summed E-state index contributed by atoms with van der Waals surface area (Å²) >= 11 is 0. The number of terminal acetylenes is 1. The van der Waals surface area contributed by atoms with E-state index in [9.17, 15) is 9.18 Å². The minimum Gasteiger partial charge on any atom is -0.336 e. The minimum atomic E-state index is -0.740. The average molecular weight is 219 g/mol. The van der Waals surface area contributed by atoms with Crippen molar-refractivity contribution in [1.82, 2.24) is 5.32 Å². The van der Waals surface area contributed by atoms with E-state index in [0.29, 0.717) is 11.1 Å². The van der Waals surface area contributed by atoms with Crippen LogP contribution in [0.1, 0.15) is 29.8 Å². The van der Waals surface area contributed by atoms with Gasteiger partial charge in [-0.25, -0.2) is 4.39 Å². The number of rotatable bonds is 2. The zero-order chi connectivity index (χ0) is 12.3. The fourth-order valence-electron chi connectivity index (χ4n) is 1.23. The maximum Gasteiger partial charge on any atom is 0.252 e. The summed E-state index contributed by atoms with van der Waals surface area (Å²) in [5.41, 5.74) is 0.283. The number of hydrogen-bond donors (Lipinski definition) is 1. The van der Waals surface area contributed by atoms with Crippen LogP contribution < -0.4 is 5.32 Å². The molecule has 0 unspecified atom stereocenters. The van der Waals surface area contributed by atoms with Gasteiger partial charge in [0.25, 0.3) is 5.91 Å². The summed E-state index contributed by atoms with van der Waals surface area (Å²) in [6.07, 6.45) is 5.26. The minimum absolute atomic E-state index is 0.309. The van der Waals surface area contributed by atoms with Crippen molar-refractivity contribution in [3.05, 3.63) is 35.1 Å². The fraction of sp³-hybridized carbons (Fsp3) is 0.308. The van der Waals surface area contributed by atoms with Crippen molar-refractivity contribution in [2.24, 2.45) is 0 Å². The van der Waals surface area contributed by atoms with E-state index in [1.165, 1.54) is 12.1 Å². The number of aryl methyl sites for hydroxylation is 1. The smallest absolute Gasteiger partial charge is 0.252 e. The van der Waals surface area contributed by atoms with Crippen LogP contribution in [0, 0.1) is 25.1 Å². The first-order valence-electron chi connectivity index (χ1n) is 4.92. The molecule has 1 aromatic carbocycles. The molecule has 0 aliphatic heterocycles. The highest BCUT2D eigenvalue weighted by Gasteiger charge is 2.19. The zero-order valence-corrected chi connectivity index (χ0v) is 9.60. The lowest BCUT2D eigenvalue weighted by Gasteiger charge is -2.20. The molecule has 0 bridgehead atoms. The van der Waals surface area contributed by atoms with E-state index in [2.05, 4.69) is 11.2 Å². The quantitative estimate of drug-likeness (QED) is 0.760. The van der Waals surface area contributed by atoms with Gasteiger partial charge in [0.1, 0.15) is 5.82 Å². The molecule has 0 heterocycles. The molecule has 0 aliphatic carbocycles. The van der Waals surface area contributed by atoms with Crippen molar-refractivity contribution < 1.29 is 9.18 Å². The van der Waals surface area contributed by atoms with E-state index in [-0.39, 0.29) is 5.91 Å². The molecule has 1 N–H and O–H groups in total. The summed E-state index contributed by atoms with van der Waals surface area (Å²) < 4.78 is 13.0. The first-order chi connectivity index (χ1) is 7.35. The summed E-state index contributed by atoms with van der Waals surface area (Å²) in [4.78, 5) is 11.8. The third kappa shape index (κ3) is 2.83. The molecule has 0 spiro atoms. The molecule has 2 nitrogen and oxygen atoms in total. The van der Waals surface area contributed by atoms with Crippen LogP contribution in [0.3, 0.4) is 0 Å². The second kappa shape index (κ2) is 4.36. The fourth-order valence-corrected chi connectivity index (χ4v) is 1.23. The maximum absolute atomic E-state index is 13.0. The summed E-state index contributed by atoms with van der Waals surface area (Å²) in [6.45, 7) is 5.16. The first kappa shape index (κ1) is 12.3. The summed E-state index contributed by atoms with van der Waals surface area (Å²) in [6, 6.07) is 4.09. The van der Waals surface area contributed by atoms with Gasteiger partial charge in [0.05, 0.1) is 5.54 Å². The topological polar surface area (TPSA) is 29.1 Å². The van der Waals surface area contributed by atoms with Crippen LogP contribution in [0.4, 0.5) is 4.39 Å². The Morgan fingerprint density at radius 2 is 2.12 bits per heavy atom. The third-order valence-electron chi connectivity index (χ3n) is 2.23. The van der Waals surface area contributed by atoms with Crippen molar-refractivity contribution >= 4 is 5.91 Å². The lowest BCUT2D eigenvalue weighted by atomic mass is 10.0. The molecule has 0 aromatic heterocycles. The summed E-state index contributed by atoms with van der Waals surface area (Å²) in [5.74, 6) is 1.65. The number of nitrogens with one attached hydrogen (secondary N) is 1. The number of benzene rings is 1. The lowest BCUT2D eigenvalue weighted by Crippen LogP contribution is -2.42. The number of halogens is 1. The molecule has 0 aliphatic rings. The van der Waals surface area contributed by atoms with Crippen molar-refractivity contribution in [2.75, 3.05) is 0 Å². The molecule has 0 saturated heterocycles. The van der Waals surface area contributed by atoms with Crippen molar-refractivity contribution in [2.45, 2.75) is 26.3 Å². The highest BCUT2D eigenvalue weighted by molar-refractivity contribution is 5.96. The van der Waals surface area contributed by atoms with Crippen molar-refractivity contribution in [1.29, 1.82) is 0 Å². The average Bonchev–Trinajstić information content (AvgIpc) is 2.21. The zero-order valence-electron chi connectivity index (χ0n) is 9.60. The molecule has 0 radical (unpaired) electrons. The Bertz CT molecular complexity index is 457. The standard InChI is InChI=1S/C13H14FNO/c1-5-13(3,4)15-12(16)11-8-10(14)7-6-9(11)2/h1,6-8H,2-4H3,(H,15,16). The van der Waals surface area contributed by atoms with Gasteiger partial charge in [-0.1, -0.05) is 12.0 Å². The Balaban J connectivity index is 2.98. The molecule has 84 valence electrons. The molecule has 3 heteroatoms. The lowest BCUT2D eigenvalue weighted by molar-refractivity contribution is 0.0929. The maximum atomic E-state index is 13.0. The predicted molar refractivity (Wildman–Crippen MR) is 61.5 cm³/mol. The largest absolute Gasteiger partial charge is 0.336 e. The second-order valence-corrected chi connectivity index (χ2v) is 4.18. The van der Waals surface area contributed by atoms with Gasteiger partial charge >= 0.3 is 0 Å². The Labute approximate surface area is 94.9 Å². The van der Waals surface area contributed by atoms with E-state index in [4.69, 9.17) is 6.42 Å². The van der Waals surface area contributed by atoms with Crippen LogP contribution in [0.15, 0.2) is 18.2 Å². The number of hydrogen-bond acceptors (Lipinski definition) is 1. The van der Waals surface area contributed by atoms with Gasteiger partial charge in [0, 0.05) is 5.56 Å². The van der Waals surface area contributed by atoms with Crippen LogP contribution in [0.25, 0.3) is 0 Å². The van der Waals surface area contributed by atoms with Crippen LogP contribution >= 0.6 is 0 Å². The summed E-state index contributed by atoms with van der Waals surface area (Å²) in [5, 5.41) is 2.65. The molecule has 0 saturated carbocycles. The Hall–Kier alpha value is -1.82. The Morgan fingerprint density at radius 3 is 2.69 bits per heavy atom.